The number of nitrogens with zero attached hydrogens (tertiary/aromatic N) is 4. The molecular weight excluding hydrogens is 432 g/mol. The van der Waals surface area contributed by atoms with Crippen LogP contribution in [0.25, 0.3) is 11.4 Å². The summed E-state index contributed by atoms with van der Waals surface area (Å²) in [6, 6.07) is 13.7. The third-order valence-electron chi connectivity index (χ3n) is 6.81. The molecule has 178 valence electrons. The standard InChI is InChI=1S/C26H30N4O4/c31-24(19-32-18-20-5-2-1-3-6-20)30-12-9-26(10-13-30)16-21(8-14-33-26)15-23-28-25(29-34-23)22-7-4-11-27-17-22/h1-7,11,17,21H,8-10,12-16,18-19H2. The van der Waals surface area contributed by atoms with E-state index in [2.05, 4.69) is 15.1 Å². The largest absolute Gasteiger partial charge is 0.375 e. The Morgan fingerprint density at radius 1 is 1.15 bits per heavy atom. The molecule has 0 N–H and O–H groups in total. The summed E-state index contributed by atoms with van der Waals surface area (Å²) in [6.45, 7) is 2.69. The molecule has 1 aromatic carbocycles. The van der Waals surface area contributed by atoms with Gasteiger partial charge in [-0.05, 0) is 49.3 Å². The van der Waals surface area contributed by atoms with E-state index in [-0.39, 0.29) is 18.1 Å². The summed E-state index contributed by atoms with van der Waals surface area (Å²) in [4.78, 5) is 23.2. The third-order valence-corrected chi connectivity index (χ3v) is 6.81. The molecule has 1 amide bonds. The number of rotatable bonds is 7. The molecule has 4 heterocycles. The molecule has 2 aliphatic rings. The van der Waals surface area contributed by atoms with Gasteiger partial charge >= 0.3 is 0 Å². The molecule has 2 aliphatic heterocycles. The lowest BCUT2D eigenvalue weighted by Crippen LogP contribution is -2.51. The summed E-state index contributed by atoms with van der Waals surface area (Å²) in [5, 5.41) is 4.12. The van der Waals surface area contributed by atoms with E-state index in [1.54, 1.807) is 12.4 Å². The van der Waals surface area contributed by atoms with Crippen molar-refractivity contribution in [2.24, 2.45) is 5.92 Å². The molecule has 2 saturated heterocycles. The number of likely N-dealkylation sites (tertiary alicyclic amines) is 1. The molecule has 3 aromatic rings. The minimum Gasteiger partial charge on any atom is -0.375 e. The van der Waals surface area contributed by atoms with Gasteiger partial charge in [0.2, 0.25) is 17.6 Å². The van der Waals surface area contributed by atoms with Crippen LogP contribution in [-0.2, 0) is 27.3 Å². The Bertz CT molecular complexity index is 1060. The summed E-state index contributed by atoms with van der Waals surface area (Å²) in [6.07, 6.45) is 7.82. The highest BCUT2D eigenvalue weighted by atomic mass is 16.5. The SMILES string of the molecule is O=C(COCc1ccccc1)N1CCC2(CC1)CC(Cc1nc(-c3cccnc3)no1)CCO2. The van der Waals surface area contributed by atoms with Crippen LogP contribution >= 0.6 is 0 Å². The normalized spacial score (nSPS) is 19.9. The van der Waals surface area contributed by atoms with Crippen molar-refractivity contribution in [3.63, 3.8) is 0 Å². The van der Waals surface area contributed by atoms with E-state index in [0.717, 1.165) is 49.8 Å². The van der Waals surface area contributed by atoms with E-state index < -0.39 is 0 Å². The number of hydrogen-bond donors (Lipinski definition) is 0. The third kappa shape index (κ3) is 5.51. The van der Waals surface area contributed by atoms with Crippen LogP contribution in [0.2, 0.25) is 0 Å². The molecule has 8 heteroatoms. The molecule has 2 aromatic heterocycles. The van der Waals surface area contributed by atoms with E-state index in [1.165, 1.54) is 0 Å². The maximum atomic E-state index is 12.6. The summed E-state index contributed by atoms with van der Waals surface area (Å²) in [7, 11) is 0. The lowest BCUT2D eigenvalue weighted by atomic mass is 9.78. The number of pyridine rings is 1. The van der Waals surface area contributed by atoms with E-state index in [1.807, 2.05) is 47.4 Å². The molecule has 1 unspecified atom stereocenters. The van der Waals surface area contributed by atoms with Crippen LogP contribution in [0.1, 0.15) is 37.1 Å². The number of ether oxygens (including phenoxy) is 2. The lowest BCUT2D eigenvalue weighted by molar-refractivity contribution is -0.151. The molecule has 8 nitrogen and oxygen atoms in total. The average Bonchev–Trinajstić information content (AvgIpc) is 3.34. The second-order valence-electron chi connectivity index (χ2n) is 9.21. The molecule has 1 atom stereocenters. The van der Waals surface area contributed by atoms with Gasteiger partial charge in [0.1, 0.15) is 6.61 Å². The molecule has 0 radical (unpaired) electrons. The van der Waals surface area contributed by atoms with Crippen LogP contribution in [-0.4, -0.2) is 57.8 Å². The van der Waals surface area contributed by atoms with Crippen molar-refractivity contribution < 1.29 is 18.8 Å². The van der Waals surface area contributed by atoms with Gasteiger partial charge in [0, 0.05) is 44.1 Å². The van der Waals surface area contributed by atoms with Crippen molar-refractivity contribution in [3.05, 3.63) is 66.3 Å². The van der Waals surface area contributed by atoms with Crippen molar-refractivity contribution in [1.82, 2.24) is 20.0 Å². The first-order valence-electron chi connectivity index (χ1n) is 12.0. The second kappa shape index (κ2) is 10.4. The molecule has 0 bridgehead atoms. The Morgan fingerprint density at radius 2 is 2.00 bits per heavy atom. The predicted octanol–water partition coefficient (Wildman–Crippen LogP) is 3.68. The van der Waals surface area contributed by atoms with Gasteiger partial charge in [-0.3, -0.25) is 9.78 Å². The van der Waals surface area contributed by atoms with Gasteiger partial charge in [0.25, 0.3) is 0 Å². The van der Waals surface area contributed by atoms with Crippen molar-refractivity contribution in [2.75, 3.05) is 26.3 Å². The van der Waals surface area contributed by atoms with E-state index >= 15 is 0 Å². The monoisotopic (exact) mass is 462 g/mol. The van der Waals surface area contributed by atoms with Crippen LogP contribution in [0, 0.1) is 5.92 Å². The molecule has 2 fully saturated rings. The molecule has 1 spiro atoms. The summed E-state index contributed by atoms with van der Waals surface area (Å²) in [5.74, 6) is 1.70. The van der Waals surface area contributed by atoms with E-state index in [4.69, 9.17) is 14.0 Å². The summed E-state index contributed by atoms with van der Waals surface area (Å²) in [5.41, 5.74) is 1.76. The highest BCUT2D eigenvalue weighted by Crippen LogP contribution is 2.38. The van der Waals surface area contributed by atoms with Crippen LogP contribution in [0.5, 0.6) is 0 Å². The van der Waals surface area contributed by atoms with Crippen molar-refractivity contribution in [1.29, 1.82) is 0 Å². The first-order valence-corrected chi connectivity index (χ1v) is 12.0. The van der Waals surface area contributed by atoms with Gasteiger partial charge < -0.3 is 18.9 Å². The number of benzene rings is 1. The highest BCUT2D eigenvalue weighted by Gasteiger charge is 2.41. The second-order valence-corrected chi connectivity index (χ2v) is 9.21. The topological polar surface area (TPSA) is 90.6 Å². The van der Waals surface area contributed by atoms with Crippen molar-refractivity contribution >= 4 is 5.91 Å². The zero-order valence-corrected chi connectivity index (χ0v) is 19.3. The zero-order chi connectivity index (χ0) is 23.2. The highest BCUT2D eigenvalue weighted by molar-refractivity contribution is 5.77. The van der Waals surface area contributed by atoms with Crippen LogP contribution < -0.4 is 0 Å². The Kier molecular flexibility index (Phi) is 6.97. The van der Waals surface area contributed by atoms with Gasteiger partial charge in [-0.25, -0.2) is 0 Å². The average molecular weight is 463 g/mol. The zero-order valence-electron chi connectivity index (χ0n) is 19.3. The van der Waals surface area contributed by atoms with Crippen molar-refractivity contribution in [3.8, 4) is 11.4 Å². The minimum atomic E-state index is -0.170. The number of aromatic nitrogens is 3. The number of amides is 1. The number of hydrogen-bond acceptors (Lipinski definition) is 7. The van der Waals surface area contributed by atoms with Gasteiger partial charge in [-0.1, -0.05) is 35.5 Å². The number of carbonyl (C=O) groups is 1. The molecule has 0 saturated carbocycles. The number of carbonyl (C=O) groups excluding carboxylic acids is 1. The molecule has 5 rings (SSSR count). The van der Waals surface area contributed by atoms with Crippen molar-refractivity contribution in [2.45, 2.75) is 44.3 Å². The quantitative estimate of drug-likeness (QED) is 0.529. The Morgan fingerprint density at radius 3 is 2.79 bits per heavy atom. The van der Waals surface area contributed by atoms with Gasteiger partial charge in [-0.15, -0.1) is 0 Å². The van der Waals surface area contributed by atoms with Crippen LogP contribution in [0.15, 0.2) is 59.4 Å². The minimum absolute atomic E-state index is 0.0481. The first kappa shape index (κ1) is 22.7. The smallest absolute Gasteiger partial charge is 0.248 e. The molecular formula is C26H30N4O4. The fourth-order valence-electron chi connectivity index (χ4n) is 4.93. The fourth-order valence-corrected chi connectivity index (χ4v) is 4.93. The Balaban J connectivity index is 1.10. The predicted molar refractivity (Wildman–Crippen MR) is 125 cm³/mol. The van der Waals surface area contributed by atoms with Gasteiger partial charge in [0.05, 0.1) is 12.2 Å². The molecule has 34 heavy (non-hydrogen) atoms. The first-order chi connectivity index (χ1) is 16.7. The van der Waals surface area contributed by atoms with Crippen LogP contribution in [0.3, 0.4) is 0 Å². The van der Waals surface area contributed by atoms with E-state index in [0.29, 0.717) is 37.3 Å². The maximum Gasteiger partial charge on any atom is 0.248 e. The maximum absolute atomic E-state index is 12.6. The lowest BCUT2D eigenvalue weighted by Gasteiger charge is -2.46. The van der Waals surface area contributed by atoms with E-state index in [9.17, 15) is 4.79 Å². The Labute approximate surface area is 199 Å². The molecule has 0 aliphatic carbocycles. The van der Waals surface area contributed by atoms with Crippen LogP contribution in [0.4, 0.5) is 0 Å². The summed E-state index contributed by atoms with van der Waals surface area (Å²) >= 11 is 0. The van der Waals surface area contributed by atoms with Gasteiger partial charge in [-0.2, -0.15) is 4.98 Å². The number of piperidine rings is 1. The Hall–Kier alpha value is -3.10. The summed E-state index contributed by atoms with van der Waals surface area (Å²) < 4.78 is 17.4. The van der Waals surface area contributed by atoms with Gasteiger partial charge in [0.15, 0.2) is 0 Å². The fraction of sp³-hybridized carbons (Fsp3) is 0.462.